The molecule has 0 bridgehead atoms. The van der Waals surface area contributed by atoms with Gasteiger partial charge in [0.1, 0.15) is 10.3 Å². The van der Waals surface area contributed by atoms with Crippen LogP contribution in [0.5, 0.6) is 0 Å². The van der Waals surface area contributed by atoms with Gasteiger partial charge in [0.05, 0.1) is 6.61 Å². The van der Waals surface area contributed by atoms with Crippen LogP contribution in [0, 0.1) is 19.1 Å². The van der Waals surface area contributed by atoms with Gasteiger partial charge in [-0.1, -0.05) is 0 Å². The number of thiophene rings is 1. The Morgan fingerprint density at radius 1 is 1.47 bits per heavy atom. The molecule has 2 aromatic heterocycles. The summed E-state index contributed by atoms with van der Waals surface area (Å²) in [5.74, 6) is -0.432. The SMILES string of the molecule is CCOC(=O)c1c(C)[n+]([O-])c(C)c2sccc12. The van der Waals surface area contributed by atoms with E-state index in [0.717, 1.165) is 14.8 Å². The molecular formula is C12H13NO3S. The average molecular weight is 251 g/mol. The van der Waals surface area contributed by atoms with Crippen LogP contribution in [0.1, 0.15) is 28.7 Å². The minimum atomic E-state index is -0.432. The molecule has 0 fully saturated rings. The molecule has 17 heavy (non-hydrogen) atoms. The van der Waals surface area contributed by atoms with Crippen molar-refractivity contribution in [2.45, 2.75) is 20.8 Å². The van der Waals surface area contributed by atoms with E-state index < -0.39 is 5.97 Å². The molecule has 4 nitrogen and oxygen atoms in total. The quantitative estimate of drug-likeness (QED) is 0.467. The number of fused-ring (bicyclic) bond motifs is 1. The van der Waals surface area contributed by atoms with E-state index in [1.165, 1.54) is 11.3 Å². The Bertz CT molecular complexity index is 589. The highest BCUT2D eigenvalue weighted by Crippen LogP contribution is 2.27. The second-order valence-corrected chi connectivity index (χ2v) is 4.64. The zero-order valence-electron chi connectivity index (χ0n) is 9.94. The molecule has 2 heterocycles. The minimum Gasteiger partial charge on any atom is -0.618 e. The first-order valence-corrected chi connectivity index (χ1v) is 6.23. The Hall–Kier alpha value is -1.62. The summed E-state index contributed by atoms with van der Waals surface area (Å²) in [6.45, 7) is 5.45. The standard InChI is InChI=1S/C12H13NO3S/c1-4-16-12(14)10-7(2)13(15)8(3)11-9(10)5-6-17-11/h5-6H,4H2,1-3H3. The lowest BCUT2D eigenvalue weighted by Gasteiger charge is -2.10. The highest BCUT2D eigenvalue weighted by molar-refractivity contribution is 7.17. The molecule has 0 aliphatic rings. The molecule has 5 heteroatoms. The Kier molecular flexibility index (Phi) is 3.02. The van der Waals surface area contributed by atoms with E-state index in [9.17, 15) is 10.0 Å². The number of pyridine rings is 1. The number of hydrogen-bond donors (Lipinski definition) is 0. The molecule has 0 radical (unpaired) electrons. The van der Waals surface area contributed by atoms with Crippen molar-refractivity contribution in [3.05, 3.63) is 33.6 Å². The van der Waals surface area contributed by atoms with Crippen LogP contribution in [0.4, 0.5) is 0 Å². The summed E-state index contributed by atoms with van der Waals surface area (Å²) in [5, 5.41) is 14.6. The Morgan fingerprint density at radius 3 is 2.82 bits per heavy atom. The molecule has 0 saturated carbocycles. The van der Waals surface area contributed by atoms with Crippen molar-refractivity contribution in [2.24, 2.45) is 0 Å². The predicted octanol–water partition coefficient (Wildman–Crippen LogP) is 2.33. The Labute approximate surface area is 103 Å². The average Bonchev–Trinajstić information content (AvgIpc) is 2.75. The third-order valence-corrected chi connectivity index (χ3v) is 3.74. The maximum Gasteiger partial charge on any atom is 0.345 e. The summed E-state index contributed by atoms with van der Waals surface area (Å²) in [6, 6.07) is 1.85. The molecule has 0 saturated heterocycles. The van der Waals surface area contributed by atoms with E-state index >= 15 is 0 Å². The van der Waals surface area contributed by atoms with E-state index in [2.05, 4.69) is 0 Å². The molecule has 2 rings (SSSR count). The van der Waals surface area contributed by atoms with E-state index in [-0.39, 0.29) is 0 Å². The monoisotopic (exact) mass is 251 g/mol. The molecular weight excluding hydrogens is 238 g/mol. The van der Waals surface area contributed by atoms with Crippen molar-refractivity contribution >= 4 is 27.4 Å². The molecule has 0 aliphatic carbocycles. The van der Waals surface area contributed by atoms with Crippen molar-refractivity contribution in [1.82, 2.24) is 0 Å². The lowest BCUT2D eigenvalue weighted by atomic mass is 10.1. The molecule has 0 aromatic carbocycles. The molecule has 90 valence electrons. The molecule has 0 spiro atoms. The van der Waals surface area contributed by atoms with E-state index in [1.807, 2.05) is 11.4 Å². The number of carbonyl (C=O) groups is 1. The largest absolute Gasteiger partial charge is 0.618 e. The zero-order chi connectivity index (χ0) is 12.6. The van der Waals surface area contributed by atoms with Gasteiger partial charge in [-0.15, -0.1) is 11.3 Å². The highest BCUT2D eigenvalue weighted by Gasteiger charge is 2.24. The van der Waals surface area contributed by atoms with Crippen LogP contribution in [-0.4, -0.2) is 12.6 Å². The number of aryl methyl sites for hydroxylation is 1. The van der Waals surface area contributed by atoms with Gasteiger partial charge in [0.25, 0.3) is 0 Å². The molecule has 2 aromatic rings. The van der Waals surface area contributed by atoms with Gasteiger partial charge in [0.15, 0.2) is 0 Å². The van der Waals surface area contributed by atoms with Gasteiger partial charge in [-0.05, 0) is 18.4 Å². The van der Waals surface area contributed by atoms with Crippen molar-refractivity contribution < 1.29 is 14.3 Å². The van der Waals surface area contributed by atoms with Gasteiger partial charge in [-0.2, -0.15) is 4.73 Å². The van der Waals surface area contributed by atoms with Crippen LogP contribution in [0.25, 0.3) is 10.1 Å². The van der Waals surface area contributed by atoms with Crippen LogP contribution in [0.15, 0.2) is 11.4 Å². The predicted molar refractivity (Wildman–Crippen MR) is 66.2 cm³/mol. The molecule has 0 N–H and O–H groups in total. The van der Waals surface area contributed by atoms with Crippen molar-refractivity contribution in [2.75, 3.05) is 6.61 Å². The number of rotatable bonds is 2. The van der Waals surface area contributed by atoms with E-state index in [4.69, 9.17) is 4.74 Å². The number of ether oxygens (including phenoxy) is 1. The topological polar surface area (TPSA) is 53.2 Å². The first-order chi connectivity index (χ1) is 8.07. The van der Waals surface area contributed by atoms with E-state index in [1.54, 1.807) is 20.8 Å². The molecule has 0 amide bonds. The van der Waals surface area contributed by atoms with Crippen LogP contribution < -0.4 is 4.73 Å². The van der Waals surface area contributed by atoms with Gasteiger partial charge >= 0.3 is 5.97 Å². The fourth-order valence-corrected chi connectivity index (χ4v) is 2.78. The van der Waals surface area contributed by atoms with Gasteiger partial charge in [0, 0.05) is 19.2 Å². The maximum atomic E-state index is 11.9. The summed E-state index contributed by atoms with van der Waals surface area (Å²) in [6.07, 6.45) is 0. The van der Waals surface area contributed by atoms with Crippen molar-refractivity contribution in [3.63, 3.8) is 0 Å². The van der Waals surface area contributed by atoms with Crippen LogP contribution in [0.2, 0.25) is 0 Å². The normalized spacial score (nSPS) is 10.8. The Balaban J connectivity index is 2.77. The Morgan fingerprint density at radius 2 is 2.18 bits per heavy atom. The van der Waals surface area contributed by atoms with Crippen LogP contribution >= 0.6 is 11.3 Å². The van der Waals surface area contributed by atoms with Crippen molar-refractivity contribution in [1.29, 1.82) is 0 Å². The van der Waals surface area contributed by atoms with Gasteiger partial charge in [-0.3, -0.25) is 0 Å². The maximum absolute atomic E-state index is 11.9. The summed E-state index contributed by atoms with van der Waals surface area (Å²) < 4.78 is 6.63. The summed E-state index contributed by atoms with van der Waals surface area (Å²) in [4.78, 5) is 11.9. The first kappa shape index (κ1) is 11.9. The number of carbonyl (C=O) groups excluding carboxylic acids is 1. The fourth-order valence-electron chi connectivity index (χ4n) is 1.89. The van der Waals surface area contributed by atoms with Crippen LogP contribution in [-0.2, 0) is 4.74 Å². The first-order valence-electron chi connectivity index (χ1n) is 5.35. The summed E-state index contributed by atoms with van der Waals surface area (Å²) in [5.41, 5.74) is 1.40. The second-order valence-electron chi connectivity index (χ2n) is 3.72. The second kappa shape index (κ2) is 4.33. The summed E-state index contributed by atoms with van der Waals surface area (Å²) >= 11 is 1.46. The number of esters is 1. The number of hydrogen-bond acceptors (Lipinski definition) is 4. The number of nitrogens with zero attached hydrogens (tertiary/aromatic N) is 1. The fraction of sp³-hybridized carbons (Fsp3) is 0.333. The number of aromatic nitrogens is 1. The minimum absolute atomic E-state index is 0.302. The lowest BCUT2D eigenvalue weighted by molar-refractivity contribution is -0.617. The molecule has 0 unspecified atom stereocenters. The zero-order valence-corrected chi connectivity index (χ0v) is 10.8. The van der Waals surface area contributed by atoms with E-state index in [0.29, 0.717) is 23.6 Å². The van der Waals surface area contributed by atoms with Crippen molar-refractivity contribution in [3.8, 4) is 0 Å². The lowest BCUT2D eigenvalue weighted by Crippen LogP contribution is -2.36. The highest BCUT2D eigenvalue weighted by atomic mass is 32.1. The van der Waals surface area contributed by atoms with Crippen LogP contribution in [0.3, 0.4) is 0 Å². The third kappa shape index (κ3) is 1.76. The van der Waals surface area contributed by atoms with Gasteiger partial charge in [-0.25, -0.2) is 4.79 Å². The van der Waals surface area contributed by atoms with Gasteiger partial charge < -0.3 is 9.94 Å². The smallest absolute Gasteiger partial charge is 0.345 e. The third-order valence-electron chi connectivity index (χ3n) is 2.71. The molecule has 0 atom stereocenters. The summed E-state index contributed by atoms with van der Waals surface area (Å²) in [7, 11) is 0. The molecule has 0 aliphatic heterocycles. The van der Waals surface area contributed by atoms with Gasteiger partial charge in [0.2, 0.25) is 11.4 Å².